The fraction of sp³-hybridized carbons (Fsp3) is 1.00. The predicted octanol–water partition coefficient (Wildman–Crippen LogP) is 3.36. The van der Waals surface area contributed by atoms with E-state index < -0.39 is 0 Å². The lowest BCUT2D eigenvalue weighted by molar-refractivity contribution is 0.100. The summed E-state index contributed by atoms with van der Waals surface area (Å²) in [6.07, 6.45) is 9.63. The Balaban J connectivity index is 2.12. The monoisotopic (exact) mass is 227 g/mol. The van der Waals surface area contributed by atoms with Crippen molar-refractivity contribution >= 4 is 0 Å². The quantitative estimate of drug-likeness (QED) is 0.686. The van der Waals surface area contributed by atoms with E-state index in [1.54, 1.807) is 0 Å². The number of hydrogen-bond acceptors (Lipinski definition) is 2. The smallest absolute Gasteiger partial charge is 0.0576 e. The Morgan fingerprint density at radius 2 is 2.19 bits per heavy atom. The van der Waals surface area contributed by atoms with E-state index in [4.69, 9.17) is 4.74 Å². The highest BCUT2D eigenvalue weighted by Gasteiger charge is 2.18. The zero-order valence-corrected chi connectivity index (χ0v) is 11.3. The fourth-order valence-corrected chi connectivity index (χ4v) is 2.81. The molecule has 0 spiro atoms. The van der Waals surface area contributed by atoms with E-state index in [0.717, 1.165) is 12.5 Å². The van der Waals surface area contributed by atoms with E-state index in [-0.39, 0.29) is 0 Å². The van der Waals surface area contributed by atoms with Gasteiger partial charge in [0.15, 0.2) is 0 Å². The van der Waals surface area contributed by atoms with Gasteiger partial charge in [-0.15, -0.1) is 0 Å². The largest absolute Gasteiger partial charge is 0.378 e. The Labute approximate surface area is 101 Å². The molecule has 0 radical (unpaired) electrons. The minimum Gasteiger partial charge on any atom is -0.378 e. The Morgan fingerprint density at radius 1 is 1.38 bits per heavy atom. The van der Waals surface area contributed by atoms with Crippen LogP contribution in [0.25, 0.3) is 0 Å². The lowest BCUT2D eigenvalue weighted by Gasteiger charge is -2.23. The average Bonchev–Trinajstić information content (AvgIpc) is 2.77. The molecule has 1 heterocycles. The second-order valence-electron chi connectivity index (χ2n) is 5.23. The van der Waals surface area contributed by atoms with Crippen molar-refractivity contribution in [3.63, 3.8) is 0 Å². The van der Waals surface area contributed by atoms with Gasteiger partial charge < -0.3 is 10.1 Å². The van der Waals surface area contributed by atoms with Crippen LogP contribution in [0.3, 0.4) is 0 Å². The molecule has 0 amide bonds. The first kappa shape index (κ1) is 14.0. The molecule has 0 aromatic heterocycles. The third-order valence-electron chi connectivity index (χ3n) is 3.87. The summed E-state index contributed by atoms with van der Waals surface area (Å²) < 4.78 is 5.66. The van der Waals surface area contributed by atoms with Crippen molar-refractivity contribution in [2.75, 3.05) is 13.7 Å². The molecule has 1 saturated heterocycles. The van der Waals surface area contributed by atoms with Crippen LogP contribution in [0, 0.1) is 5.92 Å². The molecule has 0 saturated carbocycles. The van der Waals surface area contributed by atoms with Gasteiger partial charge in [-0.3, -0.25) is 0 Å². The summed E-state index contributed by atoms with van der Waals surface area (Å²) in [6, 6.07) is 0.696. The van der Waals surface area contributed by atoms with Crippen LogP contribution in [0.2, 0.25) is 0 Å². The summed E-state index contributed by atoms with van der Waals surface area (Å²) in [7, 11) is 2.10. The molecule has 2 heteroatoms. The van der Waals surface area contributed by atoms with Gasteiger partial charge in [-0.25, -0.2) is 0 Å². The molecule has 3 atom stereocenters. The van der Waals surface area contributed by atoms with Gasteiger partial charge in [0.2, 0.25) is 0 Å². The highest BCUT2D eigenvalue weighted by molar-refractivity contribution is 4.73. The van der Waals surface area contributed by atoms with Crippen molar-refractivity contribution in [1.29, 1.82) is 0 Å². The Bertz CT molecular complexity index is 166. The van der Waals surface area contributed by atoms with Crippen LogP contribution in [0.4, 0.5) is 0 Å². The summed E-state index contributed by atoms with van der Waals surface area (Å²) in [5.74, 6) is 0.805. The summed E-state index contributed by atoms with van der Waals surface area (Å²) in [4.78, 5) is 0. The summed E-state index contributed by atoms with van der Waals surface area (Å²) in [6.45, 7) is 5.64. The van der Waals surface area contributed by atoms with Crippen LogP contribution >= 0.6 is 0 Å². The molecule has 16 heavy (non-hydrogen) atoms. The molecule has 1 fully saturated rings. The van der Waals surface area contributed by atoms with Crippen LogP contribution in [-0.2, 0) is 4.74 Å². The number of rotatable bonds is 8. The van der Waals surface area contributed by atoms with Crippen LogP contribution in [0.5, 0.6) is 0 Å². The maximum absolute atomic E-state index is 5.66. The van der Waals surface area contributed by atoms with Gasteiger partial charge in [-0.05, 0) is 51.5 Å². The van der Waals surface area contributed by atoms with Gasteiger partial charge in [0.25, 0.3) is 0 Å². The first-order chi connectivity index (χ1) is 7.77. The molecular weight excluding hydrogens is 198 g/mol. The molecule has 0 bridgehead atoms. The molecule has 1 rings (SSSR count). The van der Waals surface area contributed by atoms with E-state index >= 15 is 0 Å². The molecule has 3 unspecified atom stereocenters. The molecule has 0 aromatic rings. The lowest BCUT2D eigenvalue weighted by Crippen LogP contribution is -2.32. The summed E-state index contributed by atoms with van der Waals surface area (Å²) >= 11 is 0. The minimum atomic E-state index is 0.569. The zero-order chi connectivity index (χ0) is 11.8. The van der Waals surface area contributed by atoms with Gasteiger partial charge in [-0.1, -0.05) is 20.3 Å². The number of hydrogen-bond donors (Lipinski definition) is 1. The van der Waals surface area contributed by atoms with E-state index in [0.29, 0.717) is 12.1 Å². The van der Waals surface area contributed by atoms with Crippen molar-refractivity contribution < 1.29 is 4.74 Å². The van der Waals surface area contributed by atoms with E-state index in [2.05, 4.69) is 26.2 Å². The first-order valence-corrected chi connectivity index (χ1v) is 7.06. The van der Waals surface area contributed by atoms with E-state index in [1.807, 2.05) is 0 Å². The number of ether oxygens (including phenoxy) is 1. The predicted molar refractivity (Wildman–Crippen MR) is 69.7 cm³/mol. The van der Waals surface area contributed by atoms with Crippen LogP contribution < -0.4 is 5.32 Å². The molecule has 2 nitrogen and oxygen atoms in total. The fourth-order valence-electron chi connectivity index (χ4n) is 2.81. The molecule has 1 aliphatic heterocycles. The van der Waals surface area contributed by atoms with Gasteiger partial charge in [0.05, 0.1) is 6.10 Å². The topological polar surface area (TPSA) is 21.3 Å². The SMILES string of the molecule is CCCC(C)C(CCCC1CCCO1)NC. The van der Waals surface area contributed by atoms with Crippen LogP contribution in [0.1, 0.15) is 58.8 Å². The highest BCUT2D eigenvalue weighted by atomic mass is 16.5. The molecule has 1 aliphatic rings. The molecular formula is C14H29NO. The lowest BCUT2D eigenvalue weighted by atomic mass is 9.92. The molecule has 1 N–H and O–H groups in total. The van der Waals surface area contributed by atoms with Gasteiger partial charge in [-0.2, -0.15) is 0 Å². The molecule has 96 valence electrons. The van der Waals surface area contributed by atoms with Crippen molar-refractivity contribution in [1.82, 2.24) is 5.32 Å². The van der Waals surface area contributed by atoms with Gasteiger partial charge in [0.1, 0.15) is 0 Å². The Hall–Kier alpha value is -0.0800. The molecule has 0 aliphatic carbocycles. The maximum atomic E-state index is 5.66. The van der Waals surface area contributed by atoms with Gasteiger partial charge >= 0.3 is 0 Å². The summed E-state index contributed by atoms with van der Waals surface area (Å²) in [5.41, 5.74) is 0. The van der Waals surface area contributed by atoms with Crippen LogP contribution in [0.15, 0.2) is 0 Å². The first-order valence-electron chi connectivity index (χ1n) is 7.06. The maximum Gasteiger partial charge on any atom is 0.0576 e. The highest BCUT2D eigenvalue weighted by Crippen LogP contribution is 2.20. The minimum absolute atomic E-state index is 0.569. The normalized spacial score (nSPS) is 24.6. The zero-order valence-electron chi connectivity index (χ0n) is 11.3. The summed E-state index contributed by atoms with van der Waals surface area (Å²) in [5, 5.41) is 3.47. The third-order valence-corrected chi connectivity index (χ3v) is 3.87. The van der Waals surface area contributed by atoms with Crippen molar-refractivity contribution in [3.05, 3.63) is 0 Å². The van der Waals surface area contributed by atoms with E-state index in [9.17, 15) is 0 Å². The second kappa shape index (κ2) is 8.08. The van der Waals surface area contributed by atoms with Crippen molar-refractivity contribution in [3.8, 4) is 0 Å². The van der Waals surface area contributed by atoms with Gasteiger partial charge in [0, 0.05) is 12.6 Å². The molecule has 0 aromatic carbocycles. The Morgan fingerprint density at radius 3 is 2.75 bits per heavy atom. The Kier molecular flexibility index (Phi) is 7.06. The second-order valence-corrected chi connectivity index (χ2v) is 5.23. The standard InChI is InChI=1S/C14H29NO/c1-4-7-12(2)14(15-3)10-5-8-13-9-6-11-16-13/h12-15H,4-11H2,1-3H3. The van der Waals surface area contributed by atoms with Crippen LogP contribution in [-0.4, -0.2) is 25.8 Å². The number of nitrogens with one attached hydrogen (secondary N) is 1. The van der Waals surface area contributed by atoms with E-state index in [1.165, 1.54) is 44.9 Å². The average molecular weight is 227 g/mol. The van der Waals surface area contributed by atoms with Crippen molar-refractivity contribution in [2.45, 2.75) is 70.9 Å². The third kappa shape index (κ3) is 4.84. The van der Waals surface area contributed by atoms with Crippen molar-refractivity contribution in [2.24, 2.45) is 5.92 Å².